The molecule has 4 bridgehead atoms. The van der Waals surface area contributed by atoms with Crippen LogP contribution in [0, 0.1) is 17.8 Å². The van der Waals surface area contributed by atoms with Crippen molar-refractivity contribution in [3.8, 4) is 0 Å². The van der Waals surface area contributed by atoms with E-state index in [1.807, 2.05) is 6.07 Å². The van der Waals surface area contributed by atoms with Crippen LogP contribution in [0.25, 0.3) is 0 Å². The number of hydrogen-bond acceptors (Lipinski definition) is 3. The highest BCUT2D eigenvalue weighted by Gasteiger charge is 2.51. The van der Waals surface area contributed by atoms with Gasteiger partial charge in [-0.25, -0.2) is 0 Å². The number of likely N-dealkylation sites (N-methyl/N-ethyl adjacent to an activating group) is 1. The Morgan fingerprint density at radius 1 is 1.08 bits per heavy atom. The highest BCUT2D eigenvalue weighted by atomic mass is 16.5. The lowest BCUT2D eigenvalue weighted by Gasteiger charge is -2.56. The molecule has 0 radical (unpaired) electrons. The van der Waals surface area contributed by atoms with Gasteiger partial charge < -0.3 is 9.84 Å². The molecule has 0 amide bonds. The molecule has 138 valence electrons. The average molecular weight is 344 g/mol. The first-order valence-electron chi connectivity index (χ1n) is 10.2. The van der Waals surface area contributed by atoms with Gasteiger partial charge in [0.05, 0.1) is 18.3 Å². The van der Waals surface area contributed by atoms with Gasteiger partial charge in [-0.2, -0.15) is 0 Å². The fraction of sp³-hybridized carbons (Fsp3) is 0.727. The molecular weight excluding hydrogens is 310 g/mol. The maximum atomic E-state index is 10.6. The molecule has 0 aliphatic heterocycles. The van der Waals surface area contributed by atoms with Gasteiger partial charge in [-0.3, -0.25) is 4.90 Å². The molecule has 25 heavy (non-hydrogen) atoms. The van der Waals surface area contributed by atoms with Gasteiger partial charge in [0.25, 0.3) is 0 Å². The molecule has 5 rings (SSSR count). The average Bonchev–Trinajstić information content (AvgIpc) is 2.59. The predicted octanol–water partition coefficient (Wildman–Crippen LogP) is 3.85. The topological polar surface area (TPSA) is 32.7 Å². The first-order chi connectivity index (χ1) is 12.1. The van der Waals surface area contributed by atoms with Gasteiger partial charge in [0, 0.05) is 13.1 Å². The molecule has 4 aliphatic carbocycles. The molecule has 4 saturated carbocycles. The number of benzene rings is 1. The normalized spacial score (nSPS) is 34.6. The number of ether oxygens (including phenoxy) is 1. The zero-order chi connectivity index (χ0) is 17.3. The van der Waals surface area contributed by atoms with Gasteiger partial charge in [0.1, 0.15) is 0 Å². The van der Waals surface area contributed by atoms with E-state index in [0.717, 1.165) is 30.8 Å². The Morgan fingerprint density at radius 2 is 1.68 bits per heavy atom. The van der Waals surface area contributed by atoms with E-state index in [4.69, 9.17) is 4.74 Å². The summed E-state index contributed by atoms with van der Waals surface area (Å²) in [6.07, 6.45) is 7.65. The van der Waals surface area contributed by atoms with Crippen LogP contribution in [-0.4, -0.2) is 41.4 Å². The van der Waals surface area contributed by atoms with E-state index in [-0.39, 0.29) is 5.60 Å². The van der Waals surface area contributed by atoms with Crippen LogP contribution in [0.2, 0.25) is 0 Å². The molecule has 0 unspecified atom stereocenters. The molecule has 0 heterocycles. The van der Waals surface area contributed by atoms with Crippen molar-refractivity contribution in [2.45, 2.75) is 63.7 Å². The summed E-state index contributed by atoms with van der Waals surface area (Å²) in [5.41, 5.74) is 1.41. The second-order valence-electron chi connectivity index (χ2n) is 8.88. The second kappa shape index (κ2) is 7.38. The number of aliphatic hydroxyl groups is 1. The Bertz CT molecular complexity index is 523. The zero-order valence-electron chi connectivity index (χ0n) is 15.6. The lowest BCUT2D eigenvalue weighted by molar-refractivity contribution is -0.176. The van der Waals surface area contributed by atoms with Crippen molar-refractivity contribution < 1.29 is 9.84 Å². The summed E-state index contributed by atoms with van der Waals surface area (Å²) < 4.78 is 6.42. The first kappa shape index (κ1) is 17.5. The smallest absolute Gasteiger partial charge is 0.0900 e. The van der Waals surface area contributed by atoms with Crippen molar-refractivity contribution in [2.24, 2.45) is 17.8 Å². The van der Waals surface area contributed by atoms with E-state index in [2.05, 4.69) is 36.1 Å². The van der Waals surface area contributed by atoms with Crippen LogP contribution in [0.1, 0.15) is 51.0 Å². The summed E-state index contributed by atoms with van der Waals surface area (Å²) >= 11 is 0. The van der Waals surface area contributed by atoms with Crippen LogP contribution in [-0.2, 0) is 11.3 Å². The first-order valence-corrected chi connectivity index (χ1v) is 10.2. The van der Waals surface area contributed by atoms with Crippen LogP contribution in [0.15, 0.2) is 30.3 Å². The van der Waals surface area contributed by atoms with Crippen molar-refractivity contribution in [2.75, 3.05) is 19.7 Å². The molecule has 0 saturated heterocycles. The summed E-state index contributed by atoms with van der Waals surface area (Å²) in [5, 5.41) is 10.6. The molecular formula is C22H33NO2. The molecule has 3 heteroatoms. The number of nitrogens with zero attached hydrogens (tertiary/aromatic N) is 1. The summed E-state index contributed by atoms with van der Waals surface area (Å²) in [7, 11) is 0. The summed E-state index contributed by atoms with van der Waals surface area (Å²) in [6, 6.07) is 10.5. The Balaban J connectivity index is 1.28. The minimum absolute atomic E-state index is 0.103. The molecule has 1 aromatic carbocycles. The maximum absolute atomic E-state index is 10.6. The highest BCUT2D eigenvalue weighted by molar-refractivity contribution is 5.14. The van der Waals surface area contributed by atoms with Crippen LogP contribution in [0.5, 0.6) is 0 Å². The van der Waals surface area contributed by atoms with E-state index >= 15 is 0 Å². The van der Waals surface area contributed by atoms with Crippen LogP contribution >= 0.6 is 0 Å². The number of rotatable bonds is 8. The van der Waals surface area contributed by atoms with Gasteiger partial charge >= 0.3 is 0 Å². The van der Waals surface area contributed by atoms with Gasteiger partial charge in [0.2, 0.25) is 0 Å². The highest BCUT2D eigenvalue weighted by Crippen LogP contribution is 2.57. The lowest BCUT2D eigenvalue weighted by atomic mass is 9.54. The van der Waals surface area contributed by atoms with Gasteiger partial charge in [0.15, 0.2) is 0 Å². The number of hydrogen-bond donors (Lipinski definition) is 1. The van der Waals surface area contributed by atoms with E-state index in [1.54, 1.807) is 0 Å². The second-order valence-corrected chi connectivity index (χ2v) is 8.88. The molecule has 0 spiro atoms. The lowest BCUT2D eigenvalue weighted by Crippen LogP contribution is -2.53. The third-order valence-electron chi connectivity index (χ3n) is 6.73. The predicted molar refractivity (Wildman–Crippen MR) is 100 cm³/mol. The Hall–Kier alpha value is -0.900. The standard InChI is InChI=1S/C22H33NO2/c1-2-23(14-17-6-4-3-5-7-17)15-21(24)16-25-22-11-18-8-19(12-22)10-20(9-18)13-22/h3-7,18-21,24H,2,8-16H2,1H3/t18?,19?,20?,21-,22?/m0/s1. The van der Waals surface area contributed by atoms with Crippen molar-refractivity contribution in [1.29, 1.82) is 0 Å². The monoisotopic (exact) mass is 343 g/mol. The van der Waals surface area contributed by atoms with Gasteiger partial charge in [-0.1, -0.05) is 37.3 Å². The summed E-state index contributed by atoms with van der Waals surface area (Å²) in [5.74, 6) is 2.69. The van der Waals surface area contributed by atoms with Crippen molar-refractivity contribution in [1.82, 2.24) is 4.90 Å². The largest absolute Gasteiger partial charge is 0.389 e. The summed E-state index contributed by atoms with van der Waals surface area (Å²) in [4.78, 5) is 2.31. The molecule has 0 aromatic heterocycles. The van der Waals surface area contributed by atoms with E-state index in [9.17, 15) is 5.11 Å². The molecule has 4 aliphatic rings. The van der Waals surface area contributed by atoms with Crippen molar-refractivity contribution >= 4 is 0 Å². The Kier molecular flexibility index (Phi) is 5.17. The molecule has 1 aromatic rings. The van der Waals surface area contributed by atoms with Crippen LogP contribution in [0.4, 0.5) is 0 Å². The zero-order valence-corrected chi connectivity index (χ0v) is 15.6. The minimum atomic E-state index is -0.392. The fourth-order valence-electron chi connectivity index (χ4n) is 5.98. The molecule has 1 N–H and O–H groups in total. The van der Waals surface area contributed by atoms with Gasteiger partial charge in [-0.15, -0.1) is 0 Å². The molecule has 1 atom stereocenters. The van der Waals surface area contributed by atoms with Crippen molar-refractivity contribution in [3.05, 3.63) is 35.9 Å². The fourth-order valence-corrected chi connectivity index (χ4v) is 5.98. The number of aliphatic hydroxyl groups excluding tert-OH is 1. The van der Waals surface area contributed by atoms with Crippen LogP contribution < -0.4 is 0 Å². The quantitative estimate of drug-likeness (QED) is 0.778. The maximum Gasteiger partial charge on any atom is 0.0900 e. The third kappa shape index (κ3) is 4.10. The van der Waals surface area contributed by atoms with Gasteiger partial charge in [-0.05, 0) is 68.4 Å². The Labute approximate surface area is 152 Å². The SMILES string of the molecule is CCN(Cc1ccccc1)C[C@H](O)COC12CC3CC(CC(C3)C1)C2. The van der Waals surface area contributed by atoms with E-state index < -0.39 is 6.10 Å². The molecule has 3 nitrogen and oxygen atoms in total. The van der Waals surface area contributed by atoms with E-state index in [1.165, 1.54) is 44.1 Å². The van der Waals surface area contributed by atoms with Crippen molar-refractivity contribution in [3.63, 3.8) is 0 Å². The van der Waals surface area contributed by atoms with E-state index in [0.29, 0.717) is 13.2 Å². The minimum Gasteiger partial charge on any atom is -0.389 e. The third-order valence-corrected chi connectivity index (χ3v) is 6.73. The molecule has 4 fully saturated rings. The summed E-state index contributed by atoms with van der Waals surface area (Å²) in [6.45, 7) is 5.19. The van der Waals surface area contributed by atoms with Crippen LogP contribution in [0.3, 0.4) is 0 Å². The Morgan fingerprint density at radius 3 is 2.24 bits per heavy atom.